The van der Waals surface area contributed by atoms with Gasteiger partial charge in [-0.05, 0) is 49.2 Å². The third kappa shape index (κ3) is 6.66. The van der Waals surface area contributed by atoms with Gasteiger partial charge in [0.25, 0.3) is 0 Å². The Morgan fingerprint density at radius 1 is 1.03 bits per heavy atom. The summed E-state index contributed by atoms with van der Waals surface area (Å²) < 4.78 is 16.2. The summed E-state index contributed by atoms with van der Waals surface area (Å²) in [6, 6.07) is 10.9. The molecule has 0 bridgehead atoms. The molecule has 9 heteroatoms. The number of rotatable bonds is 9. The summed E-state index contributed by atoms with van der Waals surface area (Å²) in [5, 5.41) is 5.30. The summed E-state index contributed by atoms with van der Waals surface area (Å²) in [6.45, 7) is 4.82. The lowest BCUT2D eigenvalue weighted by molar-refractivity contribution is -0.145. The lowest BCUT2D eigenvalue weighted by Crippen LogP contribution is -2.16. The average Bonchev–Trinajstić information content (AvgIpc) is 3.30. The molecule has 2 aromatic carbocycles. The molecule has 1 aromatic heterocycles. The number of ether oxygens (including phenoxy) is 3. The second-order valence-electron chi connectivity index (χ2n) is 8.22. The highest BCUT2D eigenvalue weighted by atomic mass is 32.1. The zero-order valence-electron chi connectivity index (χ0n) is 19.6. The number of nitrogens with one attached hydrogen (secondary N) is 1. The van der Waals surface area contributed by atoms with Gasteiger partial charge in [0.15, 0.2) is 17.3 Å². The van der Waals surface area contributed by atoms with Crippen LogP contribution in [0.4, 0.5) is 5.69 Å². The van der Waals surface area contributed by atoms with E-state index in [9.17, 15) is 14.4 Å². The number of hydrogen-bond donors (Lipinski definition) is 1. The van der Waals surface area contributed by atoms with E-state index in [0.29, 0.717) is 41.0 Å². The van der Waals surface area contributed by atoms with Gasteiger partial charge >= 0.3 is 5.97 Å². The number of carbonyl (C=O) groups is 3. The molecule has 1 amide bonds. The van der Waals surface area contributed by atoms with Crippen LogP contribution in [0.5, 0.6) is 11.5 Å². The van der Waals surface area contributed by atoms with E-state index in [2.05, 4.69) is 10.3 Å². The molecule has 0 fully saturated rings. The molecule has 0 aliphatic carbocycles. The number of anilines is 1. The molecule has 1 N–H and O–H groups in total. The highest BCUT2D eigenvalue weighted by molar-refractivity contribution is 7.09. The first-order valence-electron chi connectivity index (χ1n) is 11.3. The fraction of sp³-hybridized carbons (Fsp3) is 0.308. The Morgan fingerprint density at radius 2 is 1.83 bits per heavy atom. The SMILES string of the molecule is Cc1ccc(C)c(NC(=O)Cc2nc(COC(=O)CCC(=O)c3ccc4c(c3)OCCO4)cs2)c1. The Hall–Kier alpha value is -3.72. The van der Waals surface area contributed by atoms with Crippen LogP contribution in [-0.4, -0.2) is 35.9 Å². The molecule has 8 nitrogen and oxygen atoms in total. The van der Waals surface area contributed by atoms with Gasteiger partial charge in [0.05, 0.1) is 18.5 Å². The lowest BCUT2D eigenvalue weighted by Gasteiger charge is -2.18. The summed E-state index contributed by atoms with van der Waals surface area (Å²) in [7, 11) is 0. The van der Waals surface area contributed by atoms with Crippen molar-refractivity contribution in [2.75, 3.05) is 18.5 Å². The highest BCUT2D eigenvalue weighted by Gasteiger charge is 2.17. The van der Waals surface area contributed by atoms with Crippen LogP contribution in [0.2, 0.25) is 0 Å². The predicted molar refractivity (Wildman–Crippen MR) is 131 cm³/mol. The summed E-state index contributed by atoms with van der Waals surface area (Å²) in [4.78, 5) is 41.3. The van der Waals surface area contributed by atoms with Crippen LogP contribution in [0, 0.1) is 13.8 Å². The van der Waals surface area contributed by atoms with Crippen LogP contribution in [-0.2, 0) is 27.4 Å². The Labute approximate surface area is 207 Å². The number of aromatic nitrogens is 1. The van der Waals surface area contributed by atoms with Gasteiger partial charge in [0, 0.05) is 23.1 Å². The number of aryl methyl sites for hydroxylation is 2. The van der Waals surface area contributed by atoms with Crippen molar-refractivity contribution in [3.05, 3.63) is 69.2 Å². The number of esters is 1. The fourth-order valence-electron chi connectivity index (χ4n) is 3.50. The minimum absolute atomic E-state index is 0.00778. The smallest absolute Gasteiger partial charge is 0.306 e. The first kappa shape index (κ1) is 24.4. The Morgan fingerprint density at radius 3 is 2.66 bits per heavy atom. The van der Waals surface area contributed by atoms with Crippen LogP contribution in [0.1, 0.15) is 45.0 Å². The van der Waals surface area contributed by atoms with Crippen LogP contribution in [0.3, 0.4) is 0 Å². The van der Waals surface area contributed by atoms with Gasteiger partial charge < -0.3 is 19.5 Å². The van der Waals surface area contributed by atoms with Gasteiger partial charge in [-0.1, -0.05) is 12.1 Å². The van der Waals surface area contributed by atoms with E-state index in [4.69, 9.17) is 14.2 Å². The molecule has 0 unspecified atom stereocenters. The van der Waals surface area contributed by atoms with Crippen molar-refractivity contribution in [1.82, 2.24) is 4.98 Å². The Balaban J connectivity index is 1.21. The zero-order valence-corrected chi connectivity index (χ0v) is 20.4. The number of ketones is 1. The lowest BCUT2D eigenvalue weighted by atomic mass is 10.1. The van der Waals surface area contributed by atoms with Gasteiger partial charge in [-0.2, -0.15) is 0 Å². The Kier molecular flexibility index (Phi) is 7.77. The van der Waals surface area contributed by atoms with Crippen molar-refractivity contribution in [3.8, 4) is 11.5 Å². The van der Waals surface area contributed by atoms with E-state index < -0.39 is 5.97 Å². The largest absolute Gasteiger partial charge is 0.486 e. The first-order valence-corrected chi connectivity index (χ1v) is 12.1. The summed E-state index contributed by atoms with van der Waals surface area (Å²) in [5.41, 5.74) is 3.87. The molecule has 0 spiro atoms. The van der Waals surface area contributed by atoms with E-state index in [1.54, 1.807) is 23.6 Å². The van der Waals surface area contributed by atoms with E-state index in [1.807, 2.05) is 32.0 Å². The minimum Gasteiger partial charge on any atom is -0.486 e. The maximum atomic E-state index is 12.4. The third-order valence-electron chi connectivity index (χ3n) is 5.38. The summed E-state index contributed by atoms with van der Waals surface area (Å²) >= 11 is 1.33. The molecule has 0 radical (unpaired) electrons. The van der Waals surface area contributed by atoms with Crippen molar-refractivity contribution in [1.29, 1.82) is 0 Å². The molecule has 2 heterocycles. The number of hydrogen-bond acceptors (Lipinski definition) is 8. The zero-order chi connectivity index (χ0) is 24.8. The molecule has 35 heavy (non-hydrogen) atoms. The predicted octanol–water partition coefficient (Wildman–Crippen LogP) is 4.42. The first-order chi connectivity index (χ1) is 16.9. The van der Waals surface area contributed by atoms with Gasteiger partial charge in [0.1, 0.15) is 24.8 Å². The van der Waals surface area contributed by atoms with Gasteiger partial charge in [-0.25, -0.2) is 4.98 Å². The van der Waals surface area contributed by atoms with E-state index in [0.717, 1.165) is 16.8 Å². The molecule has 3 aromatic rings. The normalized spacial score (nSPS) is 12.2. The van der Waals surface area contributed by atoms with Crippen LogP contribution in [0.25, 0.3) is 0 Å². The van der Waals surface area contributed by atoms with Crippen molar-refractivity contribution >= 4 is 34.7 Å². The number of Topliss-reactive ketones (excluding diaryl/α,β-unsaturated/α-hetero) is 1. The van der Waals surface area contributed by atoms with Crippen molar-refractivity contribution in [2.45, 2.75) is 39.7 Å². The van der Waals surface area contributed by atoms with Crippen LogP contribution >= 0.6 is 11.3 Å². The standard InChI is InChI=1S/C26H26N2O6S/c1-16-3-4-17(2)20(11-16)28-24(30)13-25-27-19(15-35-25)14-34-26(31)8-6-21(29)18-5-7-22-23(12-18)33-10-9-32-22/h3-5,7,11-12,15H,6,8-10,13-14H2,1-2H3,(H,28,30). The van der Waals surface area contributed by atoms with Crippen molar-refractivity contribution in [3.63, 3.8) is 0 Å². The number of benzene rings is 2. The number of amides is 1. The molecule has 182 valence electrons. The van der Waals surface area contributed by atoms with Crippen LogP contribution < -0.4 is 14.8 Å². The number of fused-ring (bicyclic) bond motifs is 1. The van der Waals surface area contributed by atoms with E-state index in [-0.39, 0.29) is 37.6 Å². The molecule has 1 aliphatic heterocycles. The van der Waals surface area contributed by atoms with Crippen molar-refractivity contribution in [2.24, 2.45) is 0 Å². The monoisotopic (exact) mass is 494 g/mol. The average molecular weight is 495 g/mol. The third-order valence-corrected chi connectivity index (χ3v) is 6.28. The summed E-state index contributed by atoms with van der Waals surface area (Å²) in [5.74, 6) is 0.321. The number of carbonyl (C=O) groups excluding carboxylic acids is 3. The van der Waals surface area contributed by atoms with Crippen molar-refractivity contribution < 1.29 is 28.6 Å². The number of thiazole rings is 1. The second kappa shape index (κ2) is 11.1. The maximum Gasteiger partial charge on any atom is 0.306 e. The molecule has 4 rings (SSSR count). The van der Waals surface area contributed by atoms with Gasteiger partial charge in [-0.3, -0.25) is 14.4 Å². The number of nitrogens with zero attached hydrogens (tertiary/aromatic N) is 1. The second-order valence-corrected chi connectivity index (χ2v) is 9.16. The van der Waals surface area contributed by atoms with E-state index >= 15 is 0 Å². The van der Waals surface area contributed by atoms with E-state index in [1.165, 1.54) is 11.3 Å². The highest BCUT2D eigenvalue weighted by Crippen LogP contribution is 2.31. The molecule has 1 aliphatic rings. The van der Waals surface area contributed by atoms with Gasteiger partial charge in [0.2, 0.25) is 5.91 Å². The molecule has 0 saturated heterocycles. The van der Waals surface area contributed by atoms with Crippen LogP contribution in [0.15, 0.2) is 41.8 Å². The summed E-state index contributed by atoms with van der Waals surface area (Å²) in [6.07, 6.45) is 0.123. The Bertz CT molecular complexity index is 1250. The van der Waals surface area contributed by atoms with Gasteiger partial charge in [-0.15, -0.1) is 11.3 Å². The minimum atomic E-state index is -0.488. The quantitative estimate of drug-likeness (QED) is 0.347. The molecular formula is C26H26N2O6S. The maximum absolute atomic E-state index is 12.4. The molecule has 0 saturated carbocycles. The molecule has 0 atom stereocenters. The fourth-order valence-corrected chi connectivity index (χ4v) is 4.28. The molecular weight excluding hydrogens is 468 g/mol. The topological polar surface area (TPSA) is 104 Å².